The summed E-state index contributed by atoms with van der Waals surface area (Å²) in [4.78, 5) is 0. The molecule has 0 aromatic rings. The molecule has 0 saturated carbocycles. The van der Waals surface area contributed by atoms with Crippen LogP contribution in [0.1, 0.15) is 26.7 Å². The molecule has 0 heterocycles. The van der Waals surface area contributed by atoms with Gasteiger partial charge in [0, 0.05) is 25.2 Å². The molecule has 0 aliphatic rings. The molecule has 0 saturated heterocycles. The topological polar surface area (TPSA) is 64.5 Å². The summed E-state index contributed by atoms with van der Waals surface area (Å²) in [6.07, 6.45) is 1.88. The summed E-state index contributed by atoms with van der Waals surface area (Å²) in [6.45, 7) is 6.13. The minimum Gasteiger partial charge on any atom is -0.395 e. The minimum atomic E-state index is 0. The highest BCUT2D eigenvalue weighted by Crippen LogP contribution is 1.89. The van der Waals surface area contributed by atoms with E-state index in [9.17, 15) is 0 Å². The van der Waals surface area contributed by atoms with Crippen molar-refractivity contribution in [3.8, 4) is 0 Å². The standard InChI is InChI=1S/C10H24N2O2.BrH/c1-3-9(7-13)11-5-6-12-10(4-2)8-14;/h9-14H,3-8H2,1-2H3;1H. The molecule has 94 valence electrons. The van der Waals surface area contributed by atoms with Crippen LogP contribution in [-0.4, -0.2) is 48.6 Å². The van der Waals surface area contributed by atoms with Crippen molar-refractivity contribution >= 4 is 17.0 Å². The summed E-state index contributed by atoms with van der Waals surface area (Å²) in [5.74, 6) is 0. The smallest absolute Gasteiger partial charge is 0.0584 e. The first-order valence-electron chi connectivity index (χ1n) is 5.46. The lowest BCUT2D eigenvalue weighted by atomic mass is 10.2. The molecule has 0 bridgehead atoms. The van der Waals surface area contributed by atoms with Crippen LogP contribution in [0.25, 0.3) is 0 Å². The van der Waals surface area contributed by atoms with Crippen molar-refractivity contribution in [2.45, 2.75) is 38.8 Å². The third-order valence-corrected chi connectivity index (χ3v) is 2.42. The van der Waals surface area contributed by atoms with Crippen LogP contribution in [0, 0.1) is 0 Å². The number of halogens is 1. The van der Waals surface area contributed by atoms with Gasteiger partial charge in [-0.25, -0.2) is 0 Å². The van der Waals surface area contributed by atoms with Crippen LogP contribution in [0.2, 0.25) is 0 Å². The Kier molecular flexibility index (Phi) is 14.6. The van der Waals surface area contributed by atoms with Crippen LogP contribution >= 0.6 is 17.0 Å². The van der Waals surface area contributed by atoms with Gasteiger partial charge in [-0.15, -0.1) is 17.0 Å². The molecule has 5 heteroatoms. The summed E-state index contributed by atoms with van der Waals surface area (Å²) < 4.78 is 0. The Morgan fingerprint density at radius 1 is 0.867 bits per heavy atom. The minimum absolute atomic E-state index is 0. The van der Waals surface area contributed by atoms with E-state index in [0.29, 0.717) is 0 Å². The van der Waals surface area contributed by atoms with Crippen LogP contribution in [0.5, 0.6) is 0 Å². The zero-order valence-corrected chi connectivity index (χ0v) is 11.4. The number of nitrogens with one attached hydrogen (secondary N) is 2. The lowest BCUT2D eigenvalue weighted by Gasteiger charge is -2.17. The zero-order chi connectivity index (χ0) is 10.8. The average molecular weight is 285 g/mol. The third kappa shape index (κ3) is 9.26. The molecule has 0 rings (SSSR count). The van der Waals surface area contributed by atoms with Crippen LogP contribution in [0.4, 0.5) is 0 Å². The largest absolute Gasteiger partial charge is 0.395 e. The van der Waals surface area contributed by atoms with Gasteiger partial charge in [-0.1, -0.05) is 13.8 Å². The Bertz CT molecular complexity index is 106. The van der Waals surface area contributed by atoms with Crippen LogP contribution in [-0.2, 0) is 0 Å². The maximum absolute atomic E-state index is 8.90. The SMILES string of the molecule is Br.CCC(CO)NCCNC(CC)CO. The lowest BCUT2D eigenvalue weighted by Crippen LogP contribution is -2.40. The van der Waals surface area contributed by atoms with Crippen LogP contribution in [0.3, 0.4) is 0 Å². The van der Waals surface area contributed by atoms with E-state index >= 15 is 0 Å². The molecule has 2 unspecified atom stereocenters. The van der Waals surface area contributed by atoms with E-state index in [0.717, 1.165) is 25.9 Å². The van der Waals surface area contributed by atoms with Gasteiger partial charge in [-0.05, 0) is 12.8 Å². The Morgan fingerprint density at radius 2 is 1.20 bits per heavy atom. The summed E-state index contributed by atoms with van der Waals surface area (Å²) in [5.41, 5.74) is 0. The fourth-order valence-corrected chi connectivity index (χ4v) is 1.23. The van der Waals surface area contributed by atoms with Gasteiger partial charge in [0.1, 0.15) is 0 Å². The summed E-state index contributed by atoms with van der Waals surface area (Å²) >= 11 is 0. The Labute approximate surface area is 103 Å². The Hall–Kier alpha value is 0.320. The summed E-state index contributed by atoms with van der Waals surface area (Å²) in [7, 11) is 0. The predicted octanol–water partition coefficient (Wildman–Crippen LogP) is 0.285. The first kappa shape index (κ1) is 17.7. The second kappa shape index (κ2) is 12.4. The van der Waals surface area contributed by atoms with Gasteiger partial charge in [0.15, 0.2) is 0 Å². The van der Waals surface area contributed by atoms with E-state index in [1.54, 1.807) is 0 Å². The highest BCUT2D eigenvalue weighted by molar-refractivity contribution is 8.93. The monoisotopic (exact) mass is 284 g/mol. The molecule has 0 aliphatic carbocycles. The number of hydrogen-bond donors (Lipinski definition) is 4. The normalized spacial score (nSPS) is 14.4. The zero-order valence-electron chi connectivity index (χ0n) is 9.70. The van der Waals surface area contributed by atoms with Crippen molar-refractivity contribution in [2.75, 3.05) is 26.3 Å². The fraction of sp³-hybridized carbons (Fsp3) is 1.00. The van der Waals surface area contributed by atoms with E-state index in [1.165, 1.54) is 0 Å². The highest BCUT2D eigenvalue weighted by Gasteiger charge is 2.04. The van der Waals surface area contributed by atoms with Gasteiger partial charge < -0.3 is 20.8 Å². The predicted molar refractivity (Wildman–Crippen MR) is 68.7 cm³/mol. The summed E-state index contributed by atoms with van der Waals surface area (Å²) in [6, 6.07) is 0.400. The third-order valence-electron chi connectivity index (χ3n) is 2.42. The second-order valence-electron chi connectivity index (χ2n) is 3.48. The quantitative estimate of drug-likeness (QED) is 0.460. The Balaban J connectivity index is 0. The van der Waals surface area contributed by atoms with Gasteiger partial charge in [0.2, 0.25) is 0 Å². The van der Waals surface area contributed by atoms with E-state index in [-0.39, 0.29) is 42.3 Å². The molecule has 0 amide bonds. The summed E-state index contributed by atoms with van der Waals surface area (Å²) in [5, 5.41) is 24.3. The molecule has 0 spiro atoms. The molecular formula is C10H25BrN2O2. The van der Waals surface area contributed by atoms with Crippen LogP contribution in [0.15, 0.2) is 0 Å². The molecule has 4 N–H and O–H groups in total. The number of aliphatic hydroxyl groups is 2. The number of hydrogen-bond acceptors (Lipinski definition) is 4. The van der Waals surface area contributed by atoms with Crippen molar-refractivity contribution in [3.63, 3.8) is 0 Å². The molecule has 0 fully saturated rings. The highest BCUT2D eigenvalue weighted by atomic mass is 79.9. The van der Waals surface area contributed by atoms with Crippen molar-refractivity contribution in [3.05, 3.63) is 0 Å². The molecule has 2 atom stereocenters. The first-order valence-corrected chi connectivity index (χ1v) is 5.46. The number of aliphatic hydroxyl groups excluding tert-OH is 2. The molecule has 0 aliphatic heterocycles. The number of rotatable bonds is 9. The molecule has 0 aromatic carbocycles. The van der Waals surface area contributed by atoms with Crippen molar-refractivity contribution in [1.82, 2.24) is 10.6 Å². The van der Waals surface area contributed by atoms with Crippen LogP contribution < -0.4 is 10.6 Å². The van der Waals surface area contributed by atoms with Crippen molar-refractivity contribution < 1.29 is 10.2 Å². The maximum Gasteiger partial charge on any atom is 0.0584 e. The second-order valence-corrected chi connectivity index (χ2v) is 3.48. The fourth-order valence-electron chi connectivity index (χ4n) is 1.23. The van der Waals surface area contributed by atoms with Crippen molar-refractivity contribution in [1.29, 1.82) is 0 Å². The molecule has 4 nitrogen and oxygen atoms in total. The van der Waals surface area contributed by atoms with E-state index in [1.807, 2.05) is 13.8 Å². The van der Waals surface area contributed by atoms with Gasteiger partial charge in [-0.2, -0.15) is 0 Å². The lowest BCUT2D eigenvalue weighted by molar-refractivity contribution is 0.229. The van der Waals surface area contributed by atoms with Gasteiger partial charge in [0.05, 0.1) is 13.2 Å². The average Bonchev–Trinajstić information content (AvgIpc) is 2.24. The van der Waals surface area contributed by atoms with E-state index in [2.05, 4.69) is 10.6 Å². The first-order chi connectivity index (χ1) is 6.78. The molecule has 0 aromatic heterocycles. The van der Waals surface area contributed by atoms with Gasteiger partial charge in [0.25, 0.3) is 0 Å². The molecular weight excluding hydrogens is 260 g/mol. The molecule has 15 heavy (non-hydrogen) atoms. The van der Waals surface area contributed by atoms with E-state index < -0.39 is 0 Å². The van der Waals surface area contributed by atoms with Crippen molar-refractivity contribution in [2.24, 2.45) is 0 Å². The van der Waals surface area contributed by atoms with Gasteiger partial charge >= 0.3 is 0 Å². The Morgan fingerprint density at radius 3 is 1.40 bits per heavy atom. The van der Waals surface area contributed by atoms with E-state index in [4.69, 9.17) is 10.2 Å². The molecule has 0 radical (unpaired) electrons. The van der Waals surface area contributed by atoms with Gasteiger partial charge in [-0.3, -0.25) is 0 Å². The maximum atomic E-state index is 8.90.